The minimum atomic E-state index is -0.432. The number of allylic oxidation sites excluding steroid dienone is 1. The summed E-state index contributed by atoms with van der Waals surface area (Å²) >= 11 is 0. The number of benzene rings is 1. The number of carbonyl (C=O) groups excluding carboxylic acids is 1. The summed E-state index contributed by atoms with van der Waals surface area (Å²) in [6.07, 6.45) is 2.18. The maximum Gasteiger partial charge on any atom is 0.318 e. The maximum atomic E-state index is 12.6. The van der Waals surface area contributed by atoms with E-state index in [0.717, 1.165) is 42.6 Å². The number of hydrogen-bond acceptors (Lipinski definition) is 2. The van der Waals surface area contributed by atoms with Crippen molar-refractivity contribution < 1.29 is 4.79 Å². The van der Waals surface area contributed by atoms with Gasteiger partial charge in [-0.05, 0) is 57.4 Å². The molecule has 0 radical (unpaired) electrons. The van der Waals surface area contributed by atoms with Crippen molar-refractivity contribution in [3.05, 3.63) is 42.0 Å². The van der Waals surface area contributed by atoms with Crippen LogP contribution in [0.15, 0.2) is 30.8 Å². The van der Waals surface area contributed by atoms with Gasteiger partial charge in [-0.15, -0.1) is 0 Å². The van der Waals surface area contributed by atoms with Crippen molar-refractivity contribution in [1.82, 2.24) is 15.5 Å². The third kappa shape index (κ3) is 4.35. The average Bonchev–Trinajstić information content (AvgIpc) is 2.54. The van der Waals surface area contributed by atoms with E-state index in [2.05, 4.69) is 29.3 Å². The fourth-order valence-electron chi connectivity index (χ4n) is 2.93. The highest BCUT2D eigenvalue weighted by atomic mass is 16.2. The van der Waals surface area contributed by atoms with Crippen LogP contribution in [0, 0.1) is 0 Å². The molecule has 126 valence electrons. The molecule has 1 unspecified atom stereocenters. The van der Waals surface area contributed by atoms with Gasteiger partial charge in [-0.2, -0.15) is 0 Å². The normalized spacial score (nSPS) is 18.3. The number of carbonyl (C=O) groups is 1. The predicted molar refractivity (Wildman–Crippen MR) is 96.4 cm³/mol. The van der Waals surface area contributed by atoms with E-state index in [1.54, 1.807) is 0 Å². The highest BCUT2D eigenvalue weighted by Crippen LogP contribution is 2.24. The lowest BCUT2D eigenvalue weighted by Crippen LogP contribution is -2.53. The van der Waals surface area contributed by atoms with Crippen molar-refractivity contribution in [1.29, 1.82) is 0 Å². The number of nitrogens with one attached hydrogen (secondary N) is 2. The summed E-state index contributed by atoms with van der Waals surface area (Å²) in [7, 11) is 1.88. The van der Waals surface area contributed by atoms with Gasteiger partial charge in [0.1, 0.15) is 0 Å². The molecule has 1 aromatic carbocycles. The zero-order valence-electron chi connectivity index (χ0n) is 14.8. The molecule has 2 amide bonds. The fraction of sp³-hybridized carbons (Fsp3) is 0.526. The maximum absolute atomic E-state index is 12.6. The third-order valence-corrected chi connectivity index (χ3v) is 4.64. The van der Waals surface area contributed by atoms with Gasteiger partial charge in [0.2, 0.25) is 0 Å². The van der Waals surface area contributed by atoms with E-state index in [1.807, 2.05) is 44.9 Å². The molecule has 1 aliphatic rings. The minimum absolute atomic E-state index is 0.0237. The quantitative estimate of drug-likeness (QED) is 0.895. The fourth-order valence-corrected chi connectivity index (χ4v) is 2.93. The molecule has 0 aliphatic carbocycles. The van der Waals surface area contributed by atoms with Crippen molar-refractivity contribution in [3.8, 4) is 0 Å². The van der Waals surface area contributed by atoms with E-state index >= 15 is 0 Å². The van der Waals surface area contributed by atoms with Crippen molar-refractivity contribution in [2.24, 2.45) is 0 Å². The lowest BCUT2D eigenvalue weighted by Gasteiger charge is -2.35. The molecule has 1 aromatic rings. The van der Waals surface area contributed by atoms with Crippen LogP contribution < -0.4 is 10.6 Å². The number of likely N-dealkylation sites (N-methyl/N-ethyl adjacent to an activating group) is 1. The van der Waals surface area contributed by atoms with Crippen LogP contribution in [0.2, 0.25) is 0 Å². The summed E-state index contributed by atoms with van der Waals surface area (Å²) < 4.78 is 0. The molecule has 1 heterocycles. The molecule has 2 rings (SSSR count). The smallest absolute Gasteiger partial charge is 0.318 e. The van der Waals surface area contributed by atoms with Gasteiger partial charge in [-0.1, -0.05) is 30.4 Å². The Kier molecular flexibility index (Phi) is 5.47. The molecule has 0 bridgehead atoms. The Bertz CT molecular complexity index is 574. The number of piperidine rings is 1. The Balaban J connectivity index is 2.08. The highest BCUT2D eigenvalue weighted by molar-refractivity contribution is 5.75. The Labute approximate surface area is 140 Å². The standard InChI is InChI=1S/C19H29N3O/c1-14(2)15-8-6-9-16(12-15)19(3,4)21-18(23)22(5)17-10-7-11-20-13-17/h6,8-9,12,17,20H,1,7,10-11,13H2,2-5H3,(H,21,23). The van der Waals surface area contributed by atoms with Gasteiger partial charge < -0.3 is 15.5 Å². The lowest BCUT2D eigenvalue weighted by atomic mass is 9.91. The van der Waals surface area contributed by atoms with Crippen LogP contribution in [-0.2, 0) is 5.54 Å². The van der Waals surface area contributed by atoms with Gasteiger partial charge in [0.25, 0.3) is 0 Å². The Morgan fingerprint density at radius 2 is 2.17 bits per heavy atom. The van der Waals surface area contributed by atoms with E-state index in [9.17, 15) is 4.79 Å². The molecule has 0 saturated carbocycles. The average molecular weight is 315 g/mol. The summed E-state index contributed by atoms with van der Waals surface area (Å²) in [4.78, 5) is 14.4. The molecule has 0 aromatic heterocycles. The molecule has 1 fully saturated rings. The molecule has 1 saturated heterocycles. The highest BCUT2D eigenvalue weighted by Gasteiger charge is 2.28. The zero-order valence-corrected chi connectivity index (χ0v) is 14.8. The summed E-state index contributed by atoms with van der Waals surface area (Å²) in [6.45, 7) is 12.0. The van der Waals surface area contributed by atoms with Crippen LogP contribution in [0.25, 0.3) is 5.57 Å². The second-order valence-corrected chi connectivity index (χ2v) is 7.03. The summed E-state index contributed by atoms with van der Waals surface area (Å²) in [6, 6.07) is 8.45. The van der Waals surface area contributed by atoms with Gasteiger partial charge in [-0.25, -0.2) is 4.79 Å². The van der Waals surface area contributed by atoms with E-state index in [4.69, 9.17) is 0 Å². The van der Waals surface area contributed by atoms with E-state index in [1.165, 1.54) is 0 Å². The first-order valence-corrected chi connectivity index (χ1v) is 8.33. The topological polar surface area (TPSA) is 44.4 Å². The number of urea groups is 1. The molecule has 4 heteroatoms. The number of rotatable bonds is 4. The van der Waals surface area contributed by atoms with Gasteiger partial charge in [0.15, 0.2) is 0 Å². The third-order valence-electron chi connectivity index (χ3n) is 4.64. The van der Waals surface area contributed by atoms with E-state index in [0.29, 0.717) is 0 Å². The number of nitrogens with zero attached hydrogens (tertiary/aromatic N) is 1. The first-order chi connectivity index (χ1) is 10.8. The SMILES string of the molecule is C=C(C)c1cccc(C(C)(C)NC(=O)N(C)C2CCCNC2)c1. The number of amides is 2. The van der Waals surface area contributed by atoms with Crippen LogP contribution in [0.4, 0.5) is 4.79 Å². The van der Waals surface area contributed by atoms with E-state index < -0.39 is 5.54 Å². The zero-order chi connectivity index (χ0) is 17.0. The van der Waals surface area contributed by atoms with Crippen LogP contribution in [0.5, 0.6) is 0 Å². The van der Waals surface area contributed by atoms with Gasteiger partial charge in [0.05, 0.1) is 5.54 Å². The van der Waals surface area contributed by atoms with Crippen LogP contribution in [-0.4, -0.2) is 37.1 Å². The second-order valence-electron chi connectivity index (χ2n) is 7.03. The van der Waals surface area contributed by atoms with Crippen LogP contribution >= 0.6 is 0 Å². The molecule has 1 aliphatic heterocycles. The van der Waals surface area contributed by atoms with Crippen molar-refractivity contribution in [2.45, 2.75) is 45.2 Å². The molecule has 2 N–H and O–H groups in total. The minimum Gasteiger partial charge on any atom is -0.329 e. The monoisotopic (exact) mass is 315 g/mol. The van der Waals surface area contributed by atoms with Gasteiger partial charge >= 0.3 is 6.03 Å². The summed E-state index contributed by atoms with van der Waals surface area (Å²) in [5.41, 5.74) is 2.79. The molecule has 0 spiro atoms. The lowest BCUT2D eigenvalue weighted by molar-refractivity contribution is 0.168. The summed E-state index contributed by atoms with van der Waals surface area (Å²) in [5.74, 6) is 0. The van der Waals surface area contributed by atoms with E-state index in [-0.39, 0.29) is 12.1 Å². The molecular formula is C19H29N3O. The summed E-state index contributed by atoms with van der Waals surface area (Å²) in [5, 5.41) is 6.52. The number of hydrogen-bond donors (Lipinski definition) is 2. The largest absolute Gasteiger partial charge is 0.329 e. The second kappa shape index (κ2) is 7.18. The van der Waals surface area contributed by atoms with Crippen molar-refractivity contribution in [2.75, 3.05) is 20.1 Å². The van der Waals surface area contributed by atoms with Gasteiger partial charge in [0, 0.05) is 19.6 Å². The molecule has 23 heavy (non-hydrogen) atoms. The van der Waals surface area contributed by atoms with Crippen LogP contribution in [0.3, 0.4) is 0 Å². The Morgan fingerprint density at radius 1 is 1.43 bits per heavy atom. The Morgan fingerprint density at radius 3 is 2.78 bits per heavy atom. The van der Waals surface area contributed by atoms with Gasteiger partial charge in [-0.3, -0.25) is 0 Å². The first-order valence-electron chi connectivity index (χ1n) is 8.33. The van der Waals surface area contributed by atoms with Crippen molar-refractivity contribution in [3.63, 3.8) is 0 Å². The first kappa shape index (κ1) is 17.5. The molecule has 4 nitrogen and oxygen atoms in total. The molecular weight excluding hydrogens is 286 g/mol. The molecule has 1 atom stereocenters. The van der Waals surface area contributed by atoms with Crippen LogP contribution in [0.1, 0.15) is 44.7 Å². The Hall–Kier alpha value is -1.81. The van der Waals surface area contributed by atoms with Crippen molar-refractivity contribution >= 4 is 11.6 Å². The predicted octanol–water partition coefficient (Wildman–Crippen LogP) is 3.35.